The third-order valence-electron chi connectivity index (χ3n) is 3.54. The molecule has 1 fully saturated rings. The highest BCUT2D eigenvalue weighted by Crippen LogP contribution is 2.26. The van der Waals surface area contributed by atoms with Crippen LogP contribution < -0.4 is 10.2 Å². The summed E-state index contributed by atoms with van der Waals surface area (Å²) in [7, 11) is 0. The van der Waals surface area contributed by atoms with Gasteiger partial charge in [-0.25, -0.2) is 0 Å². The monoisotopic (exact) mass is 285 g/mol. The fourth-order valence-corrected chi connectivity index (χ4v) is 2.50. The van der Waals surface area contributed by atoms with Crippen molar-refractivity contribution in [3.05, 3.63) is 48.3 Å². The Hall–Kier alpha value is -2.27. The summed E-state index contributed by atoms with van der Waals surface area (Å²) in [6, 6.07) is 11.7. The molecule has 3 rings (SSSR count). The molecule has 1 amide bonds. The van der Waals surface area contributed by atoms with Crippen molar-refractivity contribution in [3.63, 3.8) is 0 Å². The summed E-state index contributed by atoms with van der Waals surface area (Å²) in [5, 5.41) is 3.00. The quantitative estimate of drug-likeness (QED) is 0.903. The highest BCUT2D eigenvalue weighted by atomic mass is 16.5. The molecule has 1 aromatic carbocycles. The van der Waals surface area contributed by atoms with Crippen molar-refractivity contribution in [2.75, 3.05) is 36.5 Å². The predicted molar refractivity (Wildman–Crippen MR) is 82.6 cm³/mol. The van der Waals surface area contributed by atoms with E-state index >= 15 is 0 Å². The van der Waals surface area contributed by atoms with Crippen LogP contribution in [0.4, 0.5) is 11.4 Å². The second-order valence-electron chi connectivity index (χ2n) is 5.04. The number of amides is 1. The van der Waals surface area contributed by atoms with Crippen molar-refractivity contribution in [1.82, 2.24) is 4.98 Å². The molecule has 2 aromatic rings. The van der Waals surface area contributed by atoms with Crippen LogP contribution in [0.2, 0.25) is 0 Å². The third-order valence-corrected chi connectivity index (χ3v) is 3.54. The molecule has 0 atom stereocenters. The first-order valence-corrected chi connectivity index (χ1v) is 7.17. The average Bonchev–Trinajstić information content (AvgIpc) is 3.01. The lowest BCUT2D eigenvalue weighted by Gasteiger charge is -2.30. The molecule has 0 saturated carbocycles. The summed E-state index contributed by atoms with van der Waals surface area (Å²) in [6.07, 6.45) is 2.18. The van der Waals surface area contributed by atoms with Crippen molar-refractivity contribution in [2.45, 2.75) is 6.42 Å². The van der Waals surface area contributed by atoms with Crippen LogP contribution in [-0.4, -0.2) is 37.2 Å². The van der Waals surface area contributed by atoms with Crippen LogP contribution in [0.1, 0.15) is 5.69 Å². The zero-order valence-electron chi connectivity index (χ0n) is 11.8. The second kappa shape index (κ2) is 6.45. The number of rotatable bonds is 4. The van der Waals surface area contributed by atoms with Gasteiger partial charge in [-0.15, -0.1) is 0 Å². The van der Waals surface area contributed by atoms with Gasteiger partial charge in [0.2, 0.25) is 5.91 Å². The van der Waals surface area contributed by atoms with Crippen molar-refractivity contribution < 1.29 is 9.53 Å². The number of anilines is 2. The number of hydrogen-bond acceptors (Lipinski definition) is 3. The lowest BCUT2D eigenvalue weighted by atomic mass is 10.2. The van der Waals surface area contributed by atoms with E-state index in [-0.39, 0.29) is 5.91 Å². The van der Waals surface area contributed by atoms with Gasteiger partial charge in [0.1, 0.15) is 0 Å². The number of ether oxygens (including phenoxy) is 1. The molecule has 1 saturated heterocycles. The Morgan fingerprint density at radius 3 is 2.76 bits per heavy atom. The van der Waals surface area contributed by atoms with Crippen LogP contribution in [0.15, 0.2) is 42.6 Å². The number of para-hydroxylation sites is 2. The number of carbonyl (C=O) groups excluding carboxylic acids is 1. The van der Waals surface area contributed by atoms with E-state index < -0.39 is 0 Å². The van der Waals surface area contributed by atoms with Gasteiger partial charge in [0.15, 0.2) is 0 Å². The fourth-order valence-electron chi connectivity index (χ4n) is 2.50. The Balaban J connectivity index is 1.71. The number of H-pyrrole nitrogens is 1. The highest BCUT2D eigenvalue weighted by molar-refractivity contribution is 5.95. The van der Waals surface area contributed by atoms with Gasteiger partial charge in [0.25, 0.3) is 0 Å². The maximum Gasteiger partial charge on any atom is 0.230 e. The van der Waals surface area contributed by atoms with Crippen molar-refractivity contribution in [3.8, 4) is 0 Å². The van der Waals surface area contributed by atoms with E-state index in [0.29, 0.717) is 6.42 Å². The number of carbonyl (C=O) groups is 1. The Labute approximate surface area is 123 Å². The molecule has 1 aromatic heterocycles. The van der Waals surface area contributed by atoms with Crippen molar-refractivity contribution in [1.29, 1.82) is 0 Å². The van der Waals surface area contributed by atoms with Gasteiger partial charge in [-0.05, 0) is 24.3 Å². The van der Waals surface area contributed by atoms with Crippen LogP contribution in [0.5, 0.6) is 0 Å². The van der Waals surface area contributed by atoms with E-state index in [9.17, 15) is 4.79 Å². The summed E-state index contributed by atoms with van der Waals surface area (Å²) < 4.78 is 5.38. The SMILES string of the molecule is O=C(Cc1ccc[nH]1)Nc1ccccc1N1CCOCC1. The molecule has 0 unspecified atom stereocenters. The molecule has 5 heteroatoms. The fraction of sp³-hybridized carbons (Fsp3) is 0.312. The van der Waals surface area contributed by atoms with Crippen LogP contribution in [0, 0.1) is 0 Å². The number of benzene rings is 1. The lowest BCUT2D eigenvalue weighted by molar-refractivity contribution is -0.115. The third kappa shape index (κ3) is 3.44. The number of hydrogen-bond donors (Lipinski definition) is 2. The topological polar surface area (TPSA) is 57.4 Å². The van der Waals surface area contributed by atoms with E-state index in [1.165, 1.54) is 0 Å². The zero-order chi connectivity index (χ0) is 14.5. The molecule has 2 N–H and O–H groups in total. The van der Waals surface area contributed by atoms with Gasteiger partial charge in [-0.2, -0.15) is 0 Å². The second-order valence-corrected chi connectivity index (χ2v) is 5.04. The van der Waals surface area contributed by atoms with Gasteiger partial charge in [0.05, 0.1) is 31.0 Å². The summed E-state index contributed by atoms with van der Waals surface area (Å²) >= 11 is 0. The van der Waals surface area contributed by atoms with Crippen LogP contribution in [0.3, 0.4) is 0 Å². The molecular formula is C16H19N3O2. The molecule has 110 valence electrons. The van der Waals surface area contributed by atoms with Crippen LogP contribution in [0.25, 0.3) is 0 Å². The normalized spacial score (nSPS) is 15.0. The number of aromatic nitrogens is 1. The molecule has 21 heavy (non-hydrogen) atoms. The van der Waals surface area contributed by atoms with Gasteiger partial charge in [-0.3, -0.25) is 4.79 Å². The number of aromatic amines is 1. The van der Waals surface area contributed by atoms with Crippen molar-refractivity contribution >= 4 is 17.3 Å². The molecule has 1 aliphatic heterocycles. The van der Waals surface area contributed by atoms with E-state index in [0.717, 1.165) is 43.4 Å². The largest absolute Gasteiger partial charge is 0.378 e. The average molecular weight is 285 g/mol. The van der Waals surface area contributed by atoms with Gasteiger partial charge < -0.3 is 19.9 Å². The van der Waals surface area contributed by atoms with E-state index in [4.69, 9.17) is 4.74 Å². The molecule has 0 bridgehead atoms. The van der Waals surface area contributed by atoms with Gasteiger partial charge in [0, 0.05) is 25.0 Å². The summed E-state index contributed by atoms with van der Waals surface area (Å²) in [5.74, 6) is -0.0156. The van der Waals surface area contributed by atoms with Gasteiger partial charge >= 0.3 is 0 Å². The molecule has 5 nitrogen and oxygen atoms in total. The maximum absolute atomic E-state index is 12.1. The number of nitrogens with one attached hydrogen (secondary N) is 2. The van der Waals surface area contributed by atoms with E-state index in [1.807, 2.05) is 42.6 Å². The van der Waals surface area contributed by atoms with Crippen LogP contribution in [-0.2, 0) is 16.0 Å². The molecule has 0 aliphatic carbocycles. The maximum atomic E-state index is 12.1. The van der Waals surface area contributed by atoms with E-state index in [2.05, 4.69) is 15.2 Å². The smallest absolute Gasteiger partial charge is 0.230 e. The standard InChI is InChI=1S/C16H19N3O2/c20-16(12-13-4-3-7-17-13)18-14-5-1-2-6-15(14)19-8-10-21-11-9-19/h1-7,17H,8-12H2,(H,18,20). The molecule has 2 heterocycles. The lowest BCUT2D eigenvalue weighted by Crippen LogP contribution is -2.36. The van der Waals surface area contributed by atoms with Crippen molar-refractivity contribution in [2.24, 2.45) is 0 Å². The summed E-state index contributed by atoms with van der Waals surface area (Å²) in [5.41, 5.74) is 2.83. The summed E-state index contributed by atoms with van der Waals surface area (Å²) in [6.45, 7) is 3.16. The Morgan fingerprint density at radius 1 is 1.19 bits per heavy atom. The first-order chi connectivity index (χ1) is 10.3. The minimum Gasteiger partial charge on any atom is -0.378 e. The molecule has 0 radical (unpaired) electrons. The Kier molecular flexibility index (Phi) is 4.21. The minimum atomic E-state index is -0.0156. The Morgan fingerprint density at radius 2 is 2.00 bits per heavy atom. The Bertz CT molecular complexity index is 589. The van der Waals surface area contributed by atoms with Crippen LogP contribution >= 0.6 is 0 Å². The van der Waals surface area contributed by atoms with E-state index in [1.54, 1.807) is 0 Å². The van der Waals surface area contributed by atoms with Gasteiger partial charge in [-0.1, -0.05) is 12.1 Å². The predicted octanol–water partition coefficient (Wildman–Crippen LogP) is 2.03. The molecule has 1 aliphatic rings. The molecular weight excluding hydrogens is 266 g/mol. The highest BCUT2D eigenvalue weighted by Gasteiger charge is 2.15. The zero-order valence-corrected chi connectivity index (χ0v) is 11.8. The number of morpholine rings is 1. The first-order valence-electron chi connectivity index (χ1n) is 7.17. The minimum absolute atomic E-state index is 0.0156. The first kappa shape index (κ1) is 13.7. The summed E-state index contributed by atoms with van der Waals surface area (Å²) in [4.78, 5) is 17.4. The number of nitrogens with zero attached hydrogens (tertiary/aromatic N) is 1. The molecule has 0 spiro atoms.